The summed E-state index contributed by atoms with van der Waals surface area (Å²) in [5, 5.41) is 20.3. The zero-order valence-corrected chi connectivity index (χ0v) is 11.6. The summed E-state index contributed by atoms with van der Waals surface area (Å²) in [4.78, 5) is 17.7. The highest BCUT2D eigenvalue weighted by Crippen LogP contribution is 2.31. The minimum absolute atomic E-state index is 0.343. The Balaban J connectivity index is 2.15. The van der Waals surface area contributed by atoms with Gasteiger partial charge >= 0.3 is 5.69 Å². The summed E-state index contributed by atoms with van der Waals surface area (Å²) in [6, 6.07) is 9.74. The second-order valence-corrected chi connectivity index (χ2v) is 5.12. The molecule has 3 aromatic rings. The van der Waals surface area contributed by atoms with E-state index in [9.17, 15) is 15.2 Å². The topological polar surface area (TPSA) is 92.0 Å². The van der Waals surface area contributed by atoms with Gasteiger partial charge in [0.15, 0.2) is 5.75 Å². The molecule has 0 radical (unpaired) electrons. The molecule has 0 aliphatic rings. The summed E-state index contributed by atoms with van der Waals surface area (Å²) in [5.74, 6) is 0.152. The maximum atomic E-state index is 10.8. The predicted molar refractivity (Wildman–Crippen MR) is 77.5 cm³/mol. The average molecular weight is 334 g/mol. The van der Waals surface area contributed by atoms with Gasteiger partial charge in [0.25, 0.3) is 0 Å². The van der Waals surface area contributed by atoms with Crippen LogP contribution in [0.1, 0.15) is 0 Å². The van der Waals surface area contributed by atoms with Gasteiger partial charge in [-0.15, -0.1) is 0 Å². The molecule has 0 spiro atoms. The van der Waals surface area contributed by atoms with E-state index in [1.807, 2.05) is 18.2 Å². The largest absolute Gasteiger partial charge is 0.502 e. The zero-order valence-electron chi connectivity index (χ0n) is 10.0. The standard InChI is InChI=1S/C13H8BrN3O3/c14-8-2-3-9-10(6-8)16-13(15-9)7-1-4-12(18)11(5-7)17(19)20/h1-6,18H,(H,15,16). The van der Waals surface area contributed by atoms with Crippen LogP contribution < -0.4 is 0 Å². The number of phenols is 1. The molecular formula is C13H8BrN3O3. The molecule has 3 rings (SSSR count). The van der Waals surface area contributed by atoms with Crippen LogP contribution in [0.2, 0.25) is 0 Å². The van der Waals surface area contributed by atoms with Crippen LogP contribution in [-0.4, -0.2) is 20.0 Å². The monoisotopic (exact) mass is 333 g/mol. The first kappa shape index (κ1) is 12.6. The molecule has 1 heterocycles. The van der Waals surface area contributed by atoms with Gasteiger partial charge in [-0.1, -0.05) is 15.9 Å². The molecule has 0 saturated heterocycles. The van der Waals surface area contributed by atoms with Crippen molar-refractivity contribution in [1.82, 2.24) is 9.97 Å². The highest BCUT2D eigenvalue weighted by atomic mass is 79.9. The van der Waals surface area contributed by atoms with Gasteiger partial charge in [-0.25, -0.2) is 4.98 Å². The highest BCUT2D eigenvalue weighted by Gasteiger charge is 2.16. The molecule has 0 amide bonds. The normalized spacial score (nSPS) is 10.8. The minimum atomic E-state index is -0.627. The number of benzene rings is 2. The number of phenolic OH excluding ortho intramolecular Hbond substituents is 1. The molecule has 6 nitrogen and oxygen atoms in total. The van der Waals surface area contributed by atoms with Gasteiger partial charge in [0, 0.05) is 16.1 Å². The lowest BCUT2D eigenvalue weighted by Gasteiger charge is -1.99. The number of imidazole rings is 1. The quantitative estimate of drug-likeness (QED) is 0.553. The summed E-state index contributed by atoms with van der Waals surface area (Å²) in [7, 11) is 0. The highest BCUT2D eigenvalue weighted by molar-refractivity contribution is 9.10. The van der Waals surface area contributed by atoms with Gasteiger partial charge in [-0.2, -0.15) is 0 Å². The van der Waals surface area contributed by atoms with Gasteiger partial charge in [0.2, 0.25) is 0 Å². The number of hydrogen-bond acceptors (Lipinski definition) is 4. The van der Waals surface area contributed by atoms with Gasteiger partial charge in [0.1, 0.15) is 5.82 Å². The minimum Gasteiger partial charge on any atom is -0.502 e. The Bertz CT molecular complexity index is 829. The van der Waals surface area contributed by atoms with E-state index in [0.29, 0.717) is 11.4 Å². The fraction of sp³-hybridized carbons (Fsp3) is 0. The number of halogens is 1. The second kappa shape index (κ2) is 4.61. The third-order valence-electron chi connectivity index (χ3n) is 2.89. The van der Waals surface area contributed by atoms with Crippen molar-refractivity contribution >= 4 is 32.7 Å². The molecule has 0 bridgehead atoms. The van der Waals surface area contributed by atoms with Gasteiger partial charge < -0.3 is 10.1 Å². The number of rotatable bonds is 2. The lowest BCUT2D eigenvalue weighted by molar-refractivity contribution is -0.385. The van der Waals surface area contributed by atoms with E-state index in [0.717, 1.165) is 15.5 Å². The van der Waals surface area contributed by atoms with E-state index >= 15 is 0 Å². The average Bonchev–Trinajstić information content (AvgIpc) is 2.81. The zero-order chi connectivity index (χ0) is 14.3. The SMILES string of the molecule is O=[N+]([O-])c1cc(-c2nc3ccc(Br)cc3[nH]2)ccc1O. The van der Waals surface area contributed by atoms with Gasteiger partial charge in [0.05, 0.1) is 16.0 Å². The van der Waals surface area contributed by atoms with E-state index in [1.54, 1.807) is 6.07 Å². The molecule has 0 atom stereocenters. The van der Waals surface area contributed by atoms with Crippen LogP contribution in [0.4, 0.5) is 5.69 Å². The van der Waals surface area contributed by atoms with Crippen molar-refractivity contribution < 1.29 is 10.0 Å². The van der Waals surface area contributed by atoms with Crippen molar-refractivity contribution in [3.05, 3.63) is 51.0 Å². The molecule has 1 aromatic heterocycles. The predicted octanol–water partition coefficient (Wildman–Crippen LogP) is 3.61. The van der Waals surface area contributed by atoms with Crippen LogP contribution in [0.5, 0.6) is 5.75 Å². The Morgan fingerprint density at radius 2 is 2.05 bits per heavy atom. The Kier molecular flexibility index (Phi) is 2.90. The van der Waals surface area contributed by atoms with E-state index in [2.05, 4.69) is 25.9 Å². The number of fused-ring (bicyclic) bond motifs is 1. The number of nitro groups is 1. The third-order valence-corrected chi connectivity index (χ3v) is 3.38. The molecule has 0 unspecified atom stereocenters. The van der Waals surface area contributed by atoms with Gasteiger partial charge in [-0.3, -0.25) is 10.1 Å². The first-order chi connectivity index (χ1) is 9.54. The first-order valence-electron chi connectivity index (χ1n) is 5.67. The number of nitrogens with one attached hydrogen (secondary N) is 1. The molecular weight excluding hydrogens is 326 g/mol. The van der Waals surface area contributed by atoms with E-state index < -0.39 is 4.92 Å². The first-order valence-corrected chi connectivity index (χ1v) is 6.47. The number of aromatic amines is 1. The fourth-order valence-electron chi connectivity index (χ4n) is 1.94. The summed E-state index contributed by atoms with van der Waals surface area (Å²) in [6.45, 7) is 0. The molecule has 0 aliphatic heterocycles. The number of hydrogen-bond donors (Lipinski definition) is 2. The number of nitrogens with zero attached hydrogens (tertiary/aromatic N) is 2. The number of H-pyrrole nitrogens is 1. The van der Waals surface area contributed by atoms with E-state index in [-0.39, 0.29) is 11.4 Å². The van der Waals surface area contributed by atoms with Crippen molar-refractivity contribution in [2.24, 2.45) is 0 Å². The number of aromatic hydroxyl groups is 1. The molecule has 0 saturated carbocycles. The summed E-state index contributed by atoms with van der Waals surface area (Å²) < 4.78 is 0.914. The molecule has 0 fully saturated rings. The Hall–Kier alpha value is -2.41. The smallest absolute Gasteiger partial charge is 0.311 e. The molecule has 2 aromatic carbocycles. The third kappa shape index (κ3) is 2.12. The summed E-state index contributed by atoms with van der Waals surface area (Å²) >= 11 is 3.37. The Morgan fingerprint density at radius 1 is 1.25 bits per heavy atom. The van der Waals surface area contributed by atoms with Crippen molar-refractivity contribution in [1.29, 1.82) is 0 Å². The van der Waals surface area contributed by atoms with Crippen LogP contribution in [0.15, 0.2) is 40.9 Å². The summed E-state index contributed by atoms with van der Waals surface area (Å²) in [6.07, 6.45) is 0. The van der Waals surface area contributed by atoms with Crippen molar-refractivity contribution in [3.63, 3.8) is 0 Å². The molecule has 100 valence electrons. The molecule has 0 aliphatic carbocycles. The van der Waals surface area contributed by atoms with E-state index in [4.69, 9.17) is 0 Å². The summed E-state index contributed by atoms with van der Waals surface area (Å²) in [5.41, 5.74) is 1.79. The Morgan fingerprint density at radius 3 is 2.80 bits per heavy atom. The maximum Gasteiger partial charge on any atom is 0.311 e. The van der Waals surface area contributed by atoms with Crippen molar-refractivity contribution in [2.75, 3.05) is 0 Å². The van der Waals surface area contributed by atoms with Crippen LogP contribution in [0, 0.1) is 10.1 Å². The lowest BCUT2D eigenvalue weighted by atomic mass is 10.2. The van der Waals surface area contributed by atoms with Crippen LogP contribution in [-0.2, 0) is 0 Å². The lowest BCUT2D eigenvalue weighted by Crippen LogP contribution is -1.90. The van der Waals surface area contributed by atoms with Gasteiger partial charge in [-0.05, 0) is 30.3 Å². The fourth-order valence-corrected chi connectivity index (χ4v) is 2.30. The number of nitro benzene ring substituents is 1. The van der Waals surface area contributed by atoms with Crippen molar-refractivity contribution in [3.8, 4) is 17.1 Å². The van der Waals surface area contributed by atoms with Crippen LogP contribution >= 0.6 is 15.9 Å². The number of aromatic nitrogens is 2. The van der Waals surface area contributed by atoms with Crippen LogP contribution in [0.3, 0.4) is 0 Å². The van der Waals surface area contributed by atoms with Crippen LogP contribution in [0.25, 0.3) is 22.4 Å². The second-order valence-electron chi connectivity index (χ2n) is 4.21. The van der Waals surface area contributed by atoms with E-state index in [1.165, 1.54) is 12.1 Å². The molecule has 20 heavy (non-hydrogen) atoms. The maximum absolute atomic E-state index is 10.8. The Labute approximate surface area is 121 Å². The van der Waals surface area contributed by atoms with Crippen molar-refractivity contribution in [2.45, 2.75) is 0 Å². The molecule has 2 N–H and O–H groups in total. The molecule has 7 heteroatoms.